The van der Waals surface area contributed by atoms with Crippen LogP contribution in [-0.4, -0.2) is 24.5 Å². The zero-order valence-electron chi connectivity index (χ0n) is 14.9. The molecule has 2 aliphatic rings. The van der Waals surface area contributed by atoms with Gasteiger partial charge in [-0.2, -0.15) is 0 Å². The number of benzene rings is 1. The van der Waals surface area contributed by atoms with E-state index in [1.165, 1.54) is 61.8 Å². The Morgan fingerprint density at radius 3 is 2.30 bits per heavy atom. The fourth-order valence-electron chi connectivity index (χ4n) is 4.72. The summed E-state index contributed by atoms with van der Waals surface area (Å²) < 4.78 is 0. The highest BCUT2D eigenvalue weighted by Gasteiger charge is 2.39. The van der Waals surface area contributed by atoms with Gasteiger partial charge in [0.1, 0.15) is 0 Å². The number of hydrogen-bond donors (Lipinski definition) is 2. The monoisotopic (exact) mass is 315 g/mol. The van der Waals surface area contributed by atoms with Crippen LogP contribution in [0.3, 0.4) is 0 Å². The van der Waals surface area contributed by atoms with Crippen molar-refractivity contribution in [3.8, 4) is 0 Å². The van der Waals surface area contributed by atoms with E-state index < -0.39 is 0 Å². The number of quaternary nitrogens is 1. The van der Waals surface area contributed by atoms with Crippen LogP contribution < -0.4 is 10.2 Å². The van der Waals surface area contributed by atoms with Gasteiger partial charge in [-0.25, -0.2) is 0 Å². The molecule has 1 amide bonds. The first kappa shape index (κ1) is 16.5. The van der Waals surface area contributed by atoms with Gasteiger partial charge in [0.05, 0.1) is 12.6 Å². The third-order valence-electron chi connectivity index (χ3n) is 5.78. The molecule has 0 spiro atoms. The molecule has 3 nitrogen and oxygen atoms in total. The molecule has 1 saturated heterocycles. The highest BCUT2D eigenvalue weighted by molar-refractivity contribution is 5.95. The minimum Gasteiger partial charge on any atom is -0.322 e. The molecule has 1 aliphatic carbocycles. The number of aryl methyl sites for hydroxylation is 3. The molecule has 1 aliphatic heterocycles. The van der Waals surface area contributed by atoms with Gasteiger partial charge in [-0.15, -0.1) is 0 Å². The van der Waals surface area contributed by atoms with Crippen LogP contribution >= 0.6 is 0 Å². The number of nitrogens with one attached hydrogen (secondary N) is 2. The number of anilines is 1. The van der Waals surface area contributed by atoms with Crippen LogP contribution in [0.2, 0.25) is 0 Å². The molecule has 1 aromatic carbocycles. The number of carbonyl (C=O) groups is 1. The third-order valence-corrected chi connectivity index (χ3v) is 5.78. The lowest BCUT2D eigenvalue weighted by molar-refractivity contribution is -0.929. The molecule has 2 atom stereocenters. The average Bonchev–Trinajstić information content (AvgIpc) is 3.01. The van der Waals surface area contributed by atoms with Gasteiger partial charge in [0.25, 0.3) is 5.91 Å². The summed E-state index contributed by atoms with van der Waals surface area (Å²) >= 11 is 0. The van der Waals surface area contributed by atoms with Gasteiger partial charge in [-0.3, -0.25) is 4.79 Å². The Labute approximate surface area is 140 Å². The standard InChI is InChI=1S/C20H30N2O/c1-14-12-15(2)19(16(3)13-14)21-20(23)18-10-7-11-22(18)17-8-5-4-6-9-17/h12-13,17-18H,4-11H2,1-3H3,(H,21,23)/p+1/t18-/m1/s1. The summed E-state index contributed by atoms with van der Waals surface area (Å²) in [5.41, 5.74) is 4.63. The maximum Gasteiger partial charge on any atom is 0.282 e. The molecular formula is C20H31N2O+. The lowest BCUT2D eigenvalue weighted by atomic mass is 9.93. The Kier molecular flexibility index (Phi) is 5.05. The second-order valence-electron chi connectivity index (χ2n) is 7.62. The number of hydrogen-bond acceptors (Lipinski definition) is 1. The van der Waals surface area contributed by atoms with Crippen molar-refractivity contribution in [2.24, 2.45) is 0 Å². The smallest absolute Gasteiger partial charge is 0.282 e. The molecule has 0 aromatic heterocycles. The minimum absolute atomic E-state index is 0.151. The lowest BCUT2D eigenvalue weighted by Crippen LogP contribution is -3.18. The average molecular weight is 315 g/mol. The second-order valence-corrected chi connectivity index (χ2v) is 7.62. The van der Waals surface area contributed by atoms with Crippen LogP contribution in [0.25, 0.3) is 0 Å². The van der Waals surface area contributed by atoms with Gasteiger partial charge in [0, 0.05) is 18.5 Å². The summed E-state index contributed by atoms with van der Waals surface area (Å²) in [4.78, 5) is 14.5. The molecule has 3 heteroatoms. The molecule has 0 radical (unpaired) electrons. The van der Waals surface area contributed by atoms with E-state index in [0.717, 1.165) is 12.1 Å². The number of amides is 1. The topological polar surface area (TPSA) is 33.5 Å². The molecule has 126 valence electrons. The van der Waals surface area contributed by atoms with Gasteiger partial charge >= 0.3 is 0 Å². The molecule has 1 saturated carbocycles. The fraction of sp³-hybridized carbons (Fsp3) is 0.650. The first-order chi connectivity index (χ1) is 11.1. The van der Waals surface area contributed by atoms with Crippen molar-refractivity contribution in [2.45, 2.75) is 77.8 Å². The van der Waals surface area contributed by atoms with Crippen LogP contribution in [0.5, 0.6) is 0 Å². The SMILES string of the molecule is Cc1cc(C)c(NC(=O)[C@H]2CCC[NH+]2C2CCCCC2)c(C)c1. The van der Waals surface area contributed by atoms with E-state index in [2.05, 4.69) is 38.2 Å². The molecule has 2 N–H and O–H groups in total. The van der Waals surface area contributed by atoms with E-state index in [4.69, 9.17) is 0 Å². The van der Waals surface area contributed by atoms with Crippen LogP contribution in [0.15, 0.2) is 12.1 Å². The van der Waals surface area contributed by atoms with Crippen LogP contribution in [0, 0.1) is 20.8 Å². The first-order valence-corrected chi connectivity index (χ1v) is 9.30. The van der Waals surface area contributed by atoms with Gasteiger partial charge < -0.3 is 10.2 Å². The molecule has 23 heavy (non-hydrogen) atoms. The fourth-order valence-corrected chi connectivity index (χ4v) is 4.72. The van der Waals surface area contributed by atoms with Gasteiger partial charge in [0.2, 0.25) is 0 Å². The molecule has 0 bridgehead atoms. The maximum absolute atomic E-state index is 12.9. The van der Waals surface area contributed by atoms with Crippen molar-refractivity contribution >= 4 is 11.6 Å². The quantitative estimate of drug-likeness (QED) is 0.883. The lowest BCUT2D eigenvalue weighted by Gasteiger charge is -2.32. The normalized spacial score (nSPS) is 25.5. The zero-order valence-corrected chi connectivity index (χ0v) is 14.9. The summed E-state index contributed by atoms with van der Waals surface area (Å²) in [6, 6.07) is 5.17. The summed E-state index contributed by atoms with van der Waals surface area (Å²) in [5.74, 6) is 0.234. The largest absolute Gasteiger partial charge is 0.322 e. The summed E-state index contributed by atoms with van der Waals surface area (Å²) in [6.45, 7) is 7.47. The first-order valence-electron chi connectivity index (χ1n) is 9.30. The van der Waals surface area contributed by atoms with E-state index in [1.54, 1.807) is 4.90 Å². The van der Waals surface area contributed by atoms with E-state index >= 15 is 0 Å². The zero-order chi connectivity index (χ0) is 16.4. The van der Waals surface area contributed by atoms with Crippen molar-refractivity contribution in [3.63, 3.8) is 0 Å². The van der Waals surface area contributed by atoms with E-state index in [1.807, 2.05) is 0 Å². The van der Waals surface area contributed by atoms with E-state index in [0.29, 0.717) is 6.04 Å². The van der Waals surface area contributed by atoms with E-state index in [9.17, 15) is 4.79 Å². The molecule has 1 aromatic rings. The third kappa shape index (κ3) is 3.60. The number of carbonyl (C=O) groups excluding carboxylic acids is 1. The second kappa shape index (κ2) is 7.04. The Hall–Kier alpha value is -1.35. The summed E-state index contributed by atoms with van der Waals surface area (Å²) in [6.07, 6.45) is 8.92. The van der Waals surface area contributed by atoms with Crippen molar-refractivity contribution in [2.75, 3.05) is 11.9 Å². The van der Waals surface area contributed by atoms with Crippen molar-refractivity contribution in [1.82, 2.24) is 0 Å². The number of rotatable bonds is 3. The maximum atomic E-state index is 12.9. The predicted octanol–water partition coefficient (Wildman–Crippen LogP) is 2.93. The van der Waals surface area contributed by atoms with Crippen molar-refractivity contribution in [3.05, 3.63) is 28.8 Å². The van der Waals surface area contributed by atoms with Crippen LogP contribution in [0.4, 0.5) is 5.69 Å². The molecule has 2 fully saturated rings. The Balaban J connectivity index is 1.72. The highest BCUT2D eigenvalue weighted by atomic mass is 16.2. The van der Waals surface area contributed by atoms with Gasteiger partial charge in [-0.1, -0.05) is 24.1 Å². The summed E-state index contributed by atoms with van der Waals surface area (Å²) in [5, 5.41) is 3.26. The highest BCUT2D eigenvalue weighted by Crippen LogP contribution is 2.23. The summed E-state index contributed by atoms with van der Waals surface area (Å²) in [7, 11) is 0. The molecule has 1 unspecified atom stereocenters. The Morgan fingerprint density at radius 1 is 1.00 bits per heavy atom. The molecular weight excluding hydrogens is 284 g/mol. The minimum atomic E-state index is 0.151. The van der Waals surface area contributed by atoms with Crippen molar-refractivity contribution < 1.29 is 9.69 Å². The Morgan fingerprint density at radius 2 is 1.65 bits per heavy atom. The van der Waals surface area contributed by atoms with Gasteiger partial charge in [-0.05, 0) is 57.6 Å². The van der Waals surface area contributed by atoms with Crippen LogP contribution in [0.1, 0.15) is 61.6 Å². The van der Waals surface area contributed by atoms with Crippen molar-refractivity contribution in [1.29, 1.82) is 0 Å². The Bertz CT molecular complexity index is 552. The van der Waals surface area contributed by atoms with Crippen LogP contribution in [-0.2, 0) is 4.79 Å². The molecule has 3 rings (SSSR count). The van der Waals surface area contributed by atoms with E-state index in [-0.39, 0.29) is 11.9 Å². The van der Waals surface area contributed by atoms with Gasteiger partial charge in [0.15, 0.2) is 6.04 Å². The molecule has 1 heterocycles. The predicted molar refractivity (Wildman–Crippen MR) is 95.0 cm³/mol. The number of likely N-dealkylation sites (tertiary alicyclic amines) is 1.